The molecule has 0 aromatic heterocycles. The minimum absolute atomic E-state index is 0.0345. The zero-order chi connectivity index (χ0) is 16.2. The first-order chi connectivity index (χ1) is 10.4. The van der Waals surface area contributed by atoms with Gasteiger partial charge in [0.15, 0.2) is 9.84 Å². The summed E-state index contributed by atoms with van der Waals surface area (Å²) in [7, 11) is -2.93. The number of amides is 1. The Morgan fingerprint density at radius 2 is 2.05 bits per heavy atom. The van der Waals surface area contributed by atoms with Crippen molar-refractivity contribution >= 4 is 15.7 Å². The van der Waals surface area contributed by atoms with Crippen molar-refractivity contribution in [1.29, 1.82) is 0 Å². The molecule has 0 spiro atoms. The molecule has 0 radical (unpaired) electrons. The van der Waals surface area contributed by atoms with Crippen LogP contribution in [0.4, 0.5) is 0 Å². The predicted molar refractivity (Wildman–Crippen MR) is 87.3 cm³/mol. The SMILES string of the molecule is CCN(CC(=O)NC(C)c1ccccc1)C1CCS(=O)(=O)C1. The Hall–Kier alpha value is -1.40. The Labute approximate surface area is 132 Å². The molecule has 2 atom stereocenters. The Kier molecular flexibility index (Phi) is 5.58. The van der Waals surface area contributed by atoms with Crippen LogP contribution in [0, 0.1) is 0 Å². The van der Waals surface area contributed by atoms with E-state index in [1.807, 2.05) is 49.1 Å². The second-order valence-corrected chi connectivity index (χ2v) is 8.05. The fourth-order valence-electron chi connectivity index (χ4n) is 2.86. The number of benzene rings is 1. The molecule has 1 aliphatic rings. The summed E-state index contributed by atoms with van der Waals surface area (Å²) in [4.78, 5) is 14.2. The number of likely N-dealkylation sites (N-methyl/N-ethyl adjacent to an activating group) is 1. The van der Waals surface area contributed by atoms with Crippen LogP contribution in [-0.4, -0.2) is 49.9 Å². The topological polar surface area (TPSA) is 66.5 Å². The first-order valence-corrected chi connectivity index (χ1v) is 9.52. The van der Waals surface area contributed by atoms with Crippen LogP contribution in [-0.2, 0) is 14.6 Å². The molecule has 1 aliphatic heterocycles. The van der Waals surface area contributed by atoms with Gasteiger partial charge in [0, 0.05) is 6.04 Å². The van der Waals surface area contributed by atoms with E-state index in [-0.39, 0.29) is 36.0 Å². The number of hydrogen-bond donors (Lipinski definition) is 1. The summed E-state index contributed by atoms with van der Waals surface area (Å²) in [5.74, 6) is 0.334. The van der Waals surface area contributed by atoms with Gasteiger partial charge >= 0.3 is 0 Å². The first kappa shape index (κ1) is 17.0. The van der Waals surface area contributed by atoms with Gasteiger partial charge in [0.05, 0.1) is 24.1 Å². The van der Waals surface area contributed by atoms with E-state index in [1.165, 1.54) is 0 Å². The monoisotopic (exact) mass is 324 g/mol. The molecule has 0 bridgehead atoms. The van der Waals surface area contributed by atoms with E-state index in [1.54, 1.807) is 0 Å². The molecule has 0 saturated carbocycles. The number of hydrogen-bond acceptors (Lipinski definition) is 4. The fourth-order valence-corrected chi connectivity index (χ4v) is 4.62. The molecule has 5 nitrogen and oxygen atoms in total. The third kappa shape index (κ3) is 4.55. The van der Waals surface area contributed by atoms with E-state index < -0.39 is 9.84 Å². The zero-order valence-electron chi connectivity index (χ0n) is 13.2. The van der Waals surface area contributed by atoms with Gasteiger partial charge in [-0.2, -0.15) is 0 Å². The lowest BCUT2D eigenvalue weighted by Crippen LogP contribution is -2.44. The largest absolute Gasteiger partial charge is 0.348 e. The number of carbonyl (C=O) groups is 1. The average Bonchev–Trinajstić information content (AvgIpc) is 2.85. The summed E-state index contributed by atoms with van der Waals surface area (Å²) in [5.41, 5.74) is 1.06. The highest BCUT2D eigenvalue weighted by molar-refractivity contribution is 7.91. The van der Waals surface area contributed by atoms with Gasteiger partial charge in [-0.15, -0.1) is 0 Å². The van der Waals surface area contributed by atoms with E-state index in [4.69, 9.17) is 0 Å². The van der Waals surface area contributed by atoms with Gasteiger partial charge in [0.2, 0.25) is 5.91 Å². The molecule has 1 amide bonds. The quantitative estimate of drug-likeness (QED) is 0.858. The van der Waals surface area contributed by atoms with Gasteiger partial charge < -0.3 is 5.32 Å². The molecule has 1 aromatic carbocycles. The number of nitrogens with one attached hydrogen (secondary N) is 1. The van der Waals surface area contributed by atoms with Gasteiger partial charge in [0.25, 0.3) is 0 Å². The minimum atomic E-state index is -2.93. The maximum atomic E-state index is 12.2. The standard InChI is InChI=1S/C16H24N2O3S/c1-3-18(15-9-10-22(20,21)12-15)11-16(19)17-13(2)14-7-5-4-6-8-14/h4-8,13,15H,3,9-12H2,1-2H3,(H,17,19). The Morgan fingerprint density at radius 1 is 1.36 bits per heavy atom. The second kappa shape index (κ2) is 7.24. The van der Waals surface area contributed by atoms with Gasteiger partial charge in [-0.05, 0) is 25.5 Å². The van der Waals surface area contributed by atoms with Crippen molar-refractivity contribution in [2.45, 2.75) is 32.4 Å². The molecular formula is C16H24N2O3S. The third-order valence-electron chi connectivity index (χ3n) is 4.15. The van der Waals surface area contributed by atoms with Crippen molar-refractivity contribution in [2.75, 3.05) is 24.6 Å². The smallest absolute Gasteiger partial charge is 0.234 e. The minimum Gasteiger partial charge on any atom is -0.348 e. The van der Waals surface area contributed by atoms with Crippen molar-refractivity contribution in [3.05, 3.63) is 35.9 Å². The molecule has 1 heterocycles. The highest BCUT2D eigenvalue weighted by atomic mass is 32.2. The highest BCUT2D eigenvalue weighted by Gasteiger charge is 2.32. The molecular weight excluding hydrogens is 300 g/mol. The third-order valence-corrected chi connectivity index (χ3v) is 5.91. The van der Waals surface area contributed by atoms with Crippen molar-refractivity contribution in [2.24, 2.45) is 0 Å². The molecule has 2 rings (SSSR count). The molecule has 1 saturated heterocycles. The van der Waals surface area contributed by atoms with Crippen LogP contribution in [0.25, 0.3) is 0 Å². The number of carbonyl (C=O) groups excluding carboxylic acids is 1. The summed E-state index contributed by atoms with van der Waals surface area (Å²) < 4.78 is 23.2. The number of sulfone groups is 1. The van der Waals surface area contributed by atoms with Gasteiger partial charge in [-0.1, -0.05) is 37.3 Å². The summed E-state index contributed by atoms with van der Waals surface area (Å²) >= 11 is 0. The lowest BCUT2D eigenvalue weighted by molar-refractivity contribution is -0.123. The van der Waals surface area contributed by atoms with Crippen LogP contribution in [0.15, 0.2) is 30.3 Å². The van der Waals surface area contributed by atoms with Crippen molar-refractivity contribution in [3.63, 3.8) is 0 Å². The van der Waals surface area contributed by atoms with Crippen LogP contribution >= 0.6 is 0 Å². The van der Waals surface area contributed by atoms with Crippen LogP contribution in [0.3, 0.4) is 0 Å². The summed E-state index contributed by atoms with van der Waals surface area (Å²) in [6, 6.07) is 9.70. The Morgan fingerprint density at radius 3 is 2.59 bits per heavy atom. The highest BCUT2D eigenvalue weighted by Crippen LogP contribution is 2.17. The van der Waals surface area contributed by atoms with Gasteiger partial charge in [0.1, 0.15) is 0 Å². The molecule has 0 aliphatic carbocycles. The maximum Gasteiger partial charge on any atom is 0.234 e. The van der Waals surface area contributed by atoms with Gasteiger partial charge in [-0.3, -0.25) is 9.69 Å². The second-order valence-electron chi connectivity index (χ2n) is 5.82. The summed E-state index contributed by atoms with van der Waals surface area (Å²) in [6.07, 6.45) is 0.623. The lowest BCUT2D eigenvalue weighted by atomic mass is 10.1. The molecule has 1 aromatic rings. The molecule has 2 unspecified atom stereocenters. The van der Waals surface area contributed by atoms with Gasteiger partial charge in [-0.25, -0.2) is 8.42 Å². The van der Waals surface area contributed by atoms with E-state index in [0.29, 0.717) is 13.0 Å². The predicted octanol–water partition coefficient (Wildman–Crippen LogP) is 1.37. The molecule has 6 heteroatoms. The van der Waals surface area contributed by atoms with Crippen molar-refractivity contribution < 1.29 is 13.2 Å². The summed E-state index contributed by atoms with van der Waals surface area (Å²) in [6.45, 7) is 4.82. The van der Waals surface area contributed by atoms with E-state index in [2.05, 4.69) is 5.32 Å². The van der Waals surface area contributed by atoms with Crippen molar-refractivity contribution in [1.82, 2.24) is 10.2 Å². The molecule has 22 heavy (non-hydrogen) atoms. The van der Waals surface area contributed by atoms with E-state index in [9.17, 15) is 13.2 Å². The van der Waals surface area contributed by atoms with Crippen LogP contribution in [0.5, 0.6) is 0 Å². The summed E-state index contributed by atoms with van der Waals surface area (Å²) in [5, 5.41) is 2.98. The van der Waals surface area contributed by atoms with E-state index in [0.717, 1.165) is 5.56 Å². The molecule has 1 fully saturated rings. The van der Waals surface area contributed by atoms with Crippen LogP contribution in [0.1, 0.15) is 31.9 Å². The fraction of sp³-hybridized carbons (Fsp3) is 0.562. The van der Waals surface area contributed by atoms with E-state index >= 15 is 0 Å². The van der Waals surface area contributed by atoms with Crippen molar-refractivity contribution in [3.8, 4) is 0 Å². The van der Waals surface area contributed by atoms with Crippen LogP contribution < -0.4 is 5.32 Å². The number of rotatable bonds is 6. The molecule has 122 valence electrons. The maximum absolute atomic E-state index is 12.2. The molecule has 1 N–H and O–H groups in total. The van der Waals surface area contributed by atoms with Crippen LogP contribution in [0.2, 0.25) is 0 Å². The Balaban J connectivity index is 1.90. The first-order valence-electron chi connectivity index (χ1n) is 7.70. The Bertz CT molecular complexity index is 601. The lowest BCUT2D eigenvalue weighted by Gasteiger charge is -2.26. The zero-order valence-corrected chi connectivity index (χ0v) is 14.0. The average molecular weight is 324 g/mol. The number of nitrogens with zero attached hydrogens (tertiary/aromatic N) is 1. The normalized spacial score (nSPS) is 21.7.